The maximum absolute atomic E-state index is 13.2. The minimum atomic E-state index is -0.0652. The molecule has 33 heavy (non-hydrogen) atoms. The summed E-state index contributed by atoms with van der Waals surface area (Å²) < 4.78 is 11.1. The van der Waals surface area contributed by atoms with Gasteiger partial charge in [-0.3, -0.25) is 0 Å². The maximum atomic E-state index is 13.2. The molecule has 2 aromatic heterocycles. The lowest BCUT2D eigenvalue weighted by atomic mass is 10.0. The van der Waals surface area contributed by atoms with Crippen molar-refractivity contribution in [1.29, 1.82) is 0 Å². The Bertz CT molecular complexity index is 1080. The summed E-state index contributed by atoms with van der Waals surface area (Å²) in [7, 11) is 1.63. The molecule has 2 amide bonds. The lowest BCUT2D eigenvalue weighted by Crippen LogP contribution is -2.54. The number of amides is 2. The number of oxazole rings is 1. The van der Waals surface area contributed by atoms with Gasteiger partial charge in [0.1, 0.15) is 5.75 Å². The number of carbonyl (C=O) groups is 1. The first-order valence-electron chi connectivity index (χ1n) is 11.4. The molecule has 2 aliphatic rings. The average molecular weight is 449 g/mol. The molecule has 0 spiro atoms. The predicted octanol–water partition coefficient (Wildman–Crippen LogP) is 3.48. The molecular formula is C24H28N6O3. The van der Waals surface area contributed by atoms with Gasteiger partial charge in [0.2, 0.25) is 5.89 Å². The number of aromatic nitrogens is 3. The molecule has 1 aromatic carbocycles. The summed E-state index contributed by atoms with van der Waals surface area (Å²) in [4.78, 5) is 21.8. The highest BCUT2D eigenvalue weighted by Gasteiger charge is 2.39. The summed E-state index contributed by atoms with van der Waals surface area (Å²) >= 11 is 0. The first-order valence-corrected chi connectivity index (χ1v) is 11.4. The zero-order chi connectivity index (χ0) is 22.6. The summed E-state index contributed by atoms with van der Waals surface area (Å²) in [6.07, 6.45) is 7.45. The molecule has 9 heteroatoms. The number of hydrogen-bond donors (Lipinski definition) is 1. The molecule has 5 rings (SSSR count). The van der Waals surface area contributed by atoms with Gasteiger partial charge in [0.05, 0.1) is 25.9 Å². The molecule has 1 saturated carbocycles. The van der Waals surface area contributed by atoms with E-state index in [0.29, 0.717) is 17.7 Å². The molecule has 172 valence electrons. The zero-order valence-electron chi connectivity index (χ0n) is 18.7. The second-order valence-corrected chi connectivity index (χ2v) is 8.47. The number of benzene rings is 1. The first-order chi connectivity index (χ1) is 16.2. The highest BCUT2D eigenvalue weighted by atomic mass is 16.5. The van der Waals surface area contributed by atoms with Crippen LogP contribution in [0, 0.1) is 0 Å². The molecule has 0 unspecified atom stereocenters. The van der Waals surface area contributed by atoms with Crippen molar-refractivity contribution in [3.63, 3.8) is 0 Å². The largest absolute Gasteiger partial charge is 0.497 e. The number of carbonyl (C=O) groups excluding carboxylic acids is 1. The monoisotopic (exact) mass is 448 g/mol. The Morgan fingerprint density at radius 3 is 2.94 bits per heavy atom. The maximum Gasteiger partial charge on any atom is 0.318 e. The summed E-state index contributed by atoms with van der Waals surface area (Å²) in [5.74, 6) is 2.73. The van der Waals surface area contributed by atoms with Gasteiger partial charge in [0, 0.05) is 30.9 Å². The standard InChI is InChI=1S/C24H28N6O3/c1-32-20-7-2-5-17(13-20)21-14-25-23(33-21)15-26-24(31)30(18-9-10-18)19-6-4-12-29(16-19)22-8-3-11-27-28-22/h2-3,5,7-8,11,13-14,18-19H,4,6,9-10,12,15-16H2,1H3,(H,26,31)/t19-/m1/s1. The van der Waals surface area contributed by atoms with Crippen LogP contribution in [0.2, 0.25) is 0 Å². The minimum Gasteiger partial charge on any atom is -0.497 e. The van der Waals surface area contributed by atoms with Crippen LogP contribution in [-0.2, 0) is 6.54 Å². The van der Waals surface area contributed by atoms with Crippen LogP contribution in [0.25, 0.3) is 11.3 Å². The highest BCUT2D eigenvalue weighted by Crippen LogP contribution is 2.32. The summed E-state index contributed by atoms with van der Waals surface area (Å²) in [6.45, 7) is 1.94. The van der Waals surface area contributed by atoms with Crippen molar-refractivity contribution in [3.8, 4) is 17.1 Å². The Kier molecular flexibility index (Phi) is 6.10. The van der Waals surface area contributed by atoms with E-state index in [-0.39, 0.29) is 18.6 Å². The van der Waals surface area contributed by atoms with Gasteiger partial charge in [-0.25, -0.2) is 9.78 Å². The first kappa shape index (κ1) is 21.2. The number of methoxy groups -OCH3 is 1. The van der Waals surface area contributed by atoms with Crippen molar-refractivity contribution in [1.82, 2.24) is 25.4 Å². The van der Waals surface area contributed by atoms with E-state index < -0.39 is 0 Å². The fraction of sp³-hybridized carbons (Fsp3) is 0.417. The summed E-state index contributed by atoms with van der Waals surface area (Å²) in [5.41, 5.74) is 0.880. The van der Waals surface area contributed by atoms with Gasteiger partial charge in [-0.15, -0.1) is 5.10 Å². The predicted molar refractivity (Wildman–Crippen MR) is 123 cm³/mol. The molecule has 0 radical (unpaired) electrons. The molecule has 1 N–H and O–H groups in total. The van der Waals surface area contributed by atoms with E-state index in [4.69, 9.17) is 9.15 Å². The van der Waals surface area contributed by atoms with Crippen LogP contribution in [-0.4, -0.2) is 58.4 Å². The van der Waals surface area contributed by atoms with Crippen LogP contribution in [0.1, 0.15) is 31.6 Å². The molecule has 1 aliphatic heterocycles. The zero-order valence-corrected chi connectivity index (χ0v) is 18.7. The van der Waals surface area contributed by atoms with Crippen molar-refractivity contribution in [2.45, 2.75) is 44.3 Å². The molecule has 9 nitrogen and oxygen atoms in total. The Labute approximate surface area is 192 Å². The number of hydrogen-bond acceptors (Lipinski definition) is 7. The van der Waals surface area contributed by atoms with E-state index in [1.165, 1.54) is 0 Å². The van der Waals surface area contributed by atoms with Crippen LogP contribution in [0.3, 0.4) is 0 Å². The number of rotatable bonds is 7. The SMILES string of the molecule is COc1cccc(-c2cnc(CNC(=O)N(C3CC3)[C@@H]3CCCN(c4cccnn4)C3)o2)c1. The van der Waals surface area contributed by atoms with Gasteiger partial charge in [-0.05, 0) is 49.9 Å². The molecule has 3 aromatic rings. The number of anilines is 1. The number of nitrogens with one attached hydrogen (secondary N) is 1. The summed E-state index contributed by atoms with van der Waals surface area (Å²) in [5, 5.41) is 11.3. The van der Waals surface area contributed by atoms with Crippen LogP contribution < -0.4 is 15.0 Å². The molecule has 3 heterocycles. The second kappa shape index (κ2) is 9.48. The van der Waals surface area contributed by atoms with Gasteiger partial charge in [0.25, 0.3) is 0 Å². The second-order valence-electron chi connectivity index (χ2n) is 8.47. The third-order valence-electron chi connectivity index (χ3n) is 6.15. The molecule has 1 aliphatic carbocycles. The van der Waals surface area contributed by atoms with Crippen LogP contribution in [0.15, 0.2) is 53.2 Å². The van der Waals surface area contributed by atoms with E-state index in [2.05, 4.69) is 25.4 Å². The van der Waals surface area contributed by atoms with Crippen molar-refractivity contribution < 1.29 is 13.9 Å². The molecule has 2 fully saturated rings. The highest BCUT2D eigenvalue weighted by molar-refractivity contribution is 5.75. The quantitative estimate of drug-likeness (QED) is 0.591. The van der Waals surface area contributed by atoms with Crippen molar-refractivity contribution in [2.24, 2.45) is 0 Å². The lowest BCUT2D eigenvalue weighted by Gasteiger charge is -2.39. The fourth-order valence-electron chi connectivity index (χ4n) is 4.38. The van der Waals surface area contributed by atoms with E-state index in [1.807, 2.05) is 41.3 Å². The van der Waals surface area contributed by atoms with Crippen LogP contribution in [0.5, 0.6) is 5.75 Å². The third-order valence-corrected chi connectivity index (χ3v) is 6.15. The lowest BCUT2D eigenvalue weighted by molar-refractivity contribution is 0.159. The normalized spacial score (nSPS) is 18.1. The van der Waals surface area contributed by atoms with E-state index >= 15 is 0 Å². The average Bonchev–Trinajstić information content (AvgIpc) is 3.58. The Balaban J connectivity index is 1.22. The molecule has 1 saturated heterocycles. The van der Waals surface area contributed by atoms with E-state index in [1.54, 1.807) is 19.5 Å². The van der Waals surface area contributed by atoms with E-state index in [9.17, 15) is 4.79 Å². The molecular weight excluding hydrogens is 420 g/mol. The van der Waals surface area contributed by atoms with Crippen LogP contribution in [0.4, 0.5) is 10.6 Å². The Morgan fingerprint density at radius 2 is 2.15 bits per heavy atom. The van der Waals surface area contributed by atoms with Gasteiger partial charge < -0.3 is 24.3 Å². The Morgan fingerprint density at radius 1 is 1.24 bits per heavy atom. The number of nitrogens with zero attached hydrogens (tertiary/aromatic N) is 5. The van der Waals surface area contributed by atoms with Gasteiger partial charge in [-0.2, -0.15) is 5.10 Å². The van der Waals surface area contributed by atoms with Crippen molar-refractivity contribution in [3.05, 3.63) is 54.7 Å². The van der Waals surface area contributed by atoms with Crippen molar-refractivity contribution >= 4 is 11.8 Å². The molecule has 0 bridgehead atoms. The number of urea groups is 1. The van der Waals surface area contributed by atoms with Crippen LogP contribution >= 0.6 is 0 Å². The Hall–Kier alpha value is -3.62. The number of piperidine rings is 1. The number of ether oxygens (including phenoxy) is 1. The van der Waals surface area contributed by atoms with Gasteiger partial charge in [0.15, 0.2) is 11.6 Å². The van der Waals surface area contributed by atoms with Crippen molar-refractivity contribution in [2.75, 3.05) is 25.1 Å². The smallest absolute Gasteiger partial charge is 0.318 e. The topological polar surface area (TPSA) is 96.6 Å². The van der Waals surface area contributed by atoms with Gasteiger partial charge in [-0.1, -0.05) is 12.1 Å². The third kappa shape index (κ3) is 4.92. The fourth-order valence-corrected chi connectivity index (χ4v) is 4.38. The van der Waals surface area contributed by atoms with E-state index in [0.717, 1.165) is 55.9 Å². The summed E-state index contributed by atoms with van der Waals surface area (Å²) in [6, 6.07) is 11.9. The molecule has 1 atom stereocenters. The minimum absolute atomic E-state index is 0.0652. The van der Waals surface area contributed by atoms with Gasteiger partial charge >= 0.3 is 6.03 Å².